The second kappa shape index (κ2) is 9.59. The highest BCUT2D eigenvalue weighted by Crippen LogP contribution is 2.28. The first-order valence-corrected chi connectivity index (χ1v) is 9.81. The van der Waals surface area contributed by atoms with Crippen LogP contribution < -0.4 is 10.1 Å². The smallest absolute Gasteiger partial charge is 0.244 e. The van der Waals surface area contributed by atoms with Crippen LogP contribution in [0.4, 0.5) is 5.69 Å². The Balaban J connectivity index is 1.48. The van der Waals surface area contributed by atoms with E-state index in [2.05, 4.69) is 10.4 Å². The summed E-state index contributed by atoms with van der Waals surface area (Å²) in [6.45, 7) is 1.71. The Morgan fingerprint density at radius 3 is 3.00 bits per heavy atom. The Morgan fingerprint density at radius 1 is 1.39 bits per heavy atom. The van der Waals surface area contributed by atoms with Crippen LogP contribution in [-0.2, 0) is 16.1 Å². The largest absolute Gasteiger partial charge is 0.495 e. The van der Waals surface area contributed by atoms with Crippen LogP contribution in [0.3, 0.4) is 0 Å². The number of carbonyl (C=O) groups is 2. The van der Waals surface area contributed by atoms with Crippen LogP contribution in [0.1, 0.15) is 25.7 Å². The van der Waals surface area contributed by atoms with Gasteiger partial charge in [0.1, 0.15) is 12.3 Å². The van der Waals surface area contributed by atoms with Crippen molar-refractivity contribution in [1.82, 2.24) is 14.7 Å². The summed E-state index contributed by atoms with van der Waals surface area (Å²) >= 11 is 6.00. The lowest BCUT2D eigenvalue weighted by Crippen LogP contribution is -2.41. The number of halogens is 1. The first-order valence-electron chi connectivity index (χ1n) is 9.43. The van der Waals surface area contributed by atoms with E-state index in [1.54, 1.807) is 48.5 Å². The highest BCUT2D eigenvalue weighted by Gasteiger charge is 2.24. The van der Waals surface area contributed by atoms with Crippen LogP contribution in [0.25, 0.3) is 0 Å². The van der Waals surface area contributed by atoms with E-state index in [0.717, 1.165) is 25.8 Å². The second-order valence-corrected chi connectivity index (χ2v) is 7.42. The van der Waals surface area contributed by atoms with Gasteiger partial charge in [-0.1, -0.05) is 11.6 Å². The van der Waals surface area contributed by atoms with Crippen LogP contribution >= 0.6 is 11.6 Å². The molecule has 1 aliphatic heterocycles. The lowest BCUT2D eigenvalue weighted by molar-refractivity contribution is -0.133. The number of methoxy groups -OCH3 is 1. The number of anilines is 1. The number of carbonyl (C=O) groups excluding carboxylic acids is 2. The number of hydrogen-bond donors (Lipinski definition) is 1. The van der Waals surface area contributed by atoms with Crippen molar-refractivity contribution in [2.75, 3.05) is 25.5 Å². The molecule has 2 heterocycles. The quantitative estimate of drug-likeness (QED) is 0.768. The van der Waals surface area contributed by atoms with Gasteiger partial charge in [-0.15, -0.1) is 0 Å². The van der Waals surface area contributed by atoms with Gasteiger partial charge in [0.2, 0.25) is 11.8 Å². The molecule has 8 heteroatoms. The van der Waals surface area contributed by atoms with Crippen LogP contribution in [0.5, 0.6) is 5.75 Å². The molecule has 150 valence electrons. The third kappa shape index (κ3) is 5.48. The van der Waals surface area contributed by atoms with E-state index >= 15 is 0 Å². The van der Waals surface area contributed by atoms with E-state index in [9.17, 15) is 9.59 Å². The van der Waals surface area contributed by atoms with Crippen molar-refractivity contribution in [3.63, 3.8) is 0 Å². The summed E-state index contributed by atoms with van der Waals surface area (Å²) in [5.74, 6) is 0.884. The number of hydrogen-bond acceptors (Lipinski definition) is 4. The number of rotatable bonds is 7. The first-order chi connectivity index (χ1) is 13.5. The van der Waals surface area contributed by atoms with Gasteiger partial charge in [-0.25, -0.2) is 0 Å². The molecule has 1 fully saturated rings. The maximum atomic E-state index is 12.5. The Bertz CT molecular complexity index is 810. The van der Waals surface area contributed by atoms with Crippen molar-refractivity contribution in [1.29, 1.82) is 0 Å². The van der Waals surface area contributed by atoms with E-state index in [1.807, 2.05) is 4.90 Å². The topological polar surface area (TPSA) is 76.5 Å². The number of aromatic nitrogens is 2. The second-order valence-electron chi connectivity index (χ2n) is 6.98. The first kappa shape index (κ1) is 20.2. The Morgan fingerprint density at radius 2 is 2.25 bits per heavy atom. The van der Waals surface area contributed by atoms with Crippen molar-refractivity contribution < 1.29 is 14.3 Å². The molecule has 0 aliphatic carbocycles. The highest BCUT2D eigenvalue weighted by atomic mass is 35.5. The van der Waals surface area contributed by atoms with Gasteiger partial charge in [0.05, 0.1) is 12.8 Å². The SMILES string of the molecule is COc1ccc(Cl)cc1NC(=O)CCC1CCCN(C(=O)Cn2cccn2)C1. The van der Waals surface area contributed by atoms with Gasteiger partial charge in [0, 0.05) is 36.9 Å². The zero-order chi connectivity index (χ0) is 19.9. The lowest BCUT2D eigenvalue weighted by atomic mass is 9.93. The van der Waals surface area contributed by atoms with Crippen molar-refractivity contribution in [2.24, 2.45) is 5.92 Å². The third-order valence-electron chi connectivity index (χ3n) is 4.94. The van der Waals surface area contributed by atoms with Crippen LogP contribution in [-0.4, -0.2) is 46.7 Å². The Labute approximate surface area is 169 Å². The monoisotopic (exact) mass is 404 g/mol. The summed E-state index contributed by atoms with van der Waals surface area (Å²) in [5.41, 5.74) is 0.569. The fraction of sp³-hybridized carbons (Fsp3) is 0.450. The molecule has 1 saturated heterocycles. The van der Waals surface area contributed by atoms with Gasteiger partial charge in [0.25, 0.3) is 0 Å². The average molecular weight is 405 g/mol. The Hall–Kier alpha value is -2.54. The Kier molecular flexibility index (Phi) is 6.92. The molecule has 1 atom stereocenters. The minimum atomic E-state index is -0.0828. The fourth-order valence-corrected chi connectivity index (χ4v) is 3.66. The van der Waals surface area contributed by atoms with Crippen molar-refractivity contribution >= 4 is 29.1 Å². The predicted molar refractivity (Wildman–Crippen MR) is 107 cm³/mol. The maximum absolute atomic E-state index is 12.5. The zero-order valence-corrected chi connectivity index (χ0v) is 16.7. The molecule has 1 unspecified atom stereocenters. The number of benzene rings is 1. The summed E-state index contributed by atoms with van der Waals surface area (Å²) in [7, 11) is 1.55. The van der Waals surface area contributed by atoms with Gasteiger partial charge in [-0.3, -0.25) is 14.3 Å². The molecule has 1 aliphatic rings. The van der Waals surface area contributed by atoms with Gasteiger partial charge in [0.15, 0.2) is 0 Å². The molecule has 1 aromatic carbocycles. The number of amides is 2. The molecule has 0 saturated carbocycles. The average Bonchev–Trinajstić information content (AvgIpc) is 3.20. The third-order valence-corrected chi connectivity index (χ3v) is 5.18. The van der Waals surface area contributed by atoms with Gasteiger partial charge in [-0.2, -0.15) is 5.10 Å². The molecular formula is C20H25ClN4O3. The molecule has 0 spiro atoms. The van der Waals surface area contributed by atoms with Gasteiger partial charge in [-0.05, 0) is 49.4 Å². The van der Waals surface area contributed by atoms with Crippen LogP contribution in [0.15, 0.2) is 36.7 Å². The summed E-state index contributed by atoms with van der Waals surface area (Å²) < 4.78 is 6.89. The molecule has 3 rings (SSSR count). The molecule has 28 heavy (non-hydrogen) atoms. The van der Waals surface area contributed by atoms with E-state index in [-0.39, 0.29) is 18.4 Å². The summed E-state index contributed by atoms with van der Waals surface area (Å²) in [4.78, 5) is 26.7. The maximum Gasteiger partial charge on any atom is 0.244 e. The van der Waals surface area contributed by atoms with Crippen LogP contribution in [0.2, 0.25) is 5.02 Å². The fourth-order valence-electron chi connectivity index (χ4n) is 3.49. The normalized spacial score (nSPS) is 16.6. The van der Waals surface area contributed by atoms with Gasteiger partial charge >= 0.3 is 0 Å². The highest BCUT2D eigenvalue weighted by molar-refractivity contribution is 6.31. The summed E-state index contributed by atoms with van der Waals surface area (Å²) in [6.07, 6.45) is 6.56. The zero-order valence-electron chi connectivity index (χ0n) is 15.9. The predicted octanol–water partition coefficient (Wildman–Crippen LogP) is 3.20. The van der Waals surface area contributed by atoms with E-state index in [4.69, 9.17) is 16.3 Å². The molecule has 0 radical (unpaired) electrons. The molecule has 1 N–H and O–H groups in total. The molecule has 0 bridgehead atoms. The molecule has 2 amide bonds. The van der Waals surface area contributed by atoms with E-state index < -0.39 is 0 Å². The number of piperidine rings is 1. The molecule has 1 aromatic heterocycles. The number of likely N-dealkylation sites (tertiary alicyclic amines) is 1. The van der Waals surface area contributed by atoms with Crippen molar-refractivity contribution in [3.8, 4) is 5.75 Å². The number of nitrogens with zero attached hydrogens (tertiary/aromatic N) is 3. The number of ether oxygens (including phenoxy) is 1. The lowest BCUT2D eigenvalue weighted by Gasteiger charge is -2.32. The molecule has 7 nitrogen and oxygen atoms in total. The summed E-state index contributed by atoms with van der Waals surface area (Å²) in [6, 6.07) is 6.92. The number of nitrogens with one attached hydrogen (secondary N) is 1. The molecule has 2 aromatic rings. The minimum absolute atomic E-state index is 0.0708. The van der Waals surface area contributed by atoms with E-state index in [0.29, 0.717) is 35.3 Å². The summed E-state index contributed by atoms with van der Waals surface area (Å²) in [5, 5.41) is 7.49. The van der Waals surface area contributed by atoms with Crippen LogP contribution in [0, 0.1) is 5.92 Å². The van der Waals surface area contributed by atoms with Crippen molar-refractivity contribution in [3.05, 3.63) is 41.7 Å². The van der Waals surface area contributed by atoms with E-state index in [1.165, 1.54) is 0 Å². The van der Waals surface area contributed by atoms with Crippen molar-refractivity contribution in [2.45, 2.75) is 32.2 Å². The standard InChI is InChI=1S/C20H25ClN4O3/c1-28-18-7-6-16(21)12-17(18)23-19(26)8-5-15-4-2-10-24(13-15)20(27)14-25-11-3-9-22-25/h3,6-7,9,11-12,15H,2,4-5,8,10,13-14H2,1H3,(H,23,26). The van der Waals surface area contributed by atoms with Gasteiger partial charge < -0.3 is 15.0 Å². The minimum Gasteiger partial charge on any atom is -0.495 e. The molecular weight excluding hydrogens is 380 g/mol.